The Morgan fingerprint density at radius 1 is 1.00 bits per heavy atom. The molecule has 0 unspecified atom stereocenters. The Bertz CT molecular complexity index is 912. The van der Waals surface area contributed by atoms with Crippen LogP contribution in [-0.2, 0) is 17.7 Å². The van der Waals surface area contributed by atoms with Crippen molar-refractivity contribution in [1.29, 1.82) is 0 Å². The highest BCUT2D eigenvalue weighted by atomic mass is 16.5. The second-order valence-corrected chi connectivity index (χ2v) is 7.21. The predicted octanol–water partition coefficient (Wildman–Crippen LogP) is 1.84. The summed E-state index contributed by atoms with van der Waals surface area (Å²) in [4.78, 5) is 25.8. The van der Waals surface area contributed by atoms with E-state index < -0.39 is 0 Å². The van der Waals surface area contributed by atoms with Gasteiger partial charge in [-0.25, -0.2) is 9.97 Å². The number of benzene rings is 1. The first kappa shape index (κ1) is 19.4. The molecule has 1 fully saturated rings. The maximum Gasteiger partial charge on any atom is 0.272 e. The van der Waals surface area contributed by atoms with E-state index in [4.69, 9.17) is 14.2 Å². The number of amides is 1. The van der Waals surface area contributed by atoms with Gasteiger partial charge in [0.25, 0.3) is 5.91 Å². The number of hydrogen-bond donors (Lipinski definition) is 0. The van der Waals surface area contributed by atoms with Crippen LogP contribution in [0.5, 0.6) is 11.5 Å². The van der Waals surface area contributed by atoms with Gasteiger partial charge in [0.1, 0.15) is 17.3 Å². The van der Waals surface area contributed by atoms with Crippen molar-refractivity contribution in [2.45, 2.75) is 19.9 Å². The summed E-state index contributed by atoms with van der Waals surface area (Å²) in [6.07, 6.45) is 0.867. The zero-order chi connectivity index (χ0) is 20.4. The average molecular weight is 398 g/mol. The topological polar surface area (TPSA) is 77.0 Å². The van der Waals surface area contributed by atoms with Crippen LogP contribution < -0.4 is 14.4 Å². The van der Waals surface area contributed by atoms with Gasteiger partial charge >= 0.3 is 0 Å². The minimum Gasteiger partial charge on any atom is -0.493 e. The number of anilines is 1. The van der Waals surface area contributed by atoms with Gasteiger partial charge in [-0.05, 0) is 36.6 Å². The van der Waals surface area contributed by atoms with Crippen LogP contribution in [0, 0.1) is 6.92 Å². The van der Waals surface area contributed by atoms with E-state index in [2.05, 4.69) is 14.9 Å². The van der Waals surface area contributed by atoms with Crippen LogP contribution in [0.2, 0.25) is 0 Å². The summed E-state index contributed by atoms with van der Waals surface area (Å²) in [6, 6.07) is 5.87. The highest BCUT2D eigenvalue weighted by Crippen LogP contribution is 2.34. The van der Waals surface area contributed by atoms with E-state index >= 15 is 0 Å². The Kier molecular flexibility index (Phi) is 5.53. The maximum atomic E-state index is 12.9. The Morgan fingerprint density at radius 3 is 2.38 bits per heavy atom. The van der Waals surface area contributed by atoms with Gasteiger partial charge in [0.05, 0.1) is 27.4 Å². The molecule has 8 heteroatoms. The van der Waals surface area contributed by atoms with E-state index in [1.54, 1.807) is 25.2 Å². The standard InChI is InChI=1S/C21H26N4O4/c1-14-22-17(21(26)24-6-8-29-9-7-24)12-20(23-14)25-5-4-15-10-18(27-2)19(28-3)11-16(15)13-25/h10-12H,4-9,13H2,1-3H3. The number of ether oxygens (including phenoxy) is 3. The molecule has 1 aromatic heterocycles. The Labute approximate surface area is 170 Å². The SMILES string of the molecule is COc1cc2c(cc1OC)CN(c1cc(C(=O)N3CCOCC3)nc(C)n1)CC2. The molecule has 0 atom stereocenters. The molecule has 0 radical (unpaired) electrons. The quantitative estimate of drug-likeness (QED) is 0.778. The number of aryl methyl sites for hydroxylation is 1. The van der Waals surface area contributed by atoms with Crippen LogP contribution in [0.25, 0.3) is 0 Å². The molecule has 2 aromatic rings. The van der Waals surface area contributed by atoms with Crippen molar-refractivity contribution in [3.05, 3.63) is 40.8 Å². The fraction of sp³-hybridized carbons (Fsp3) is 0.476. The third-order valence-corrected chi connectivity index (χ3v) is 5.38. The number of rotatable bonds is 4. The lowest BCUT2D eigenvalue weighted by atomic mass is 9.98. The number of carbonyl (C=O) groups is 1. The molecular weight excluding hydrogens is 372 g/mol. The van der Waals surface area contributed by atoms with Crippen LogP contribution in [-0.4, -0.2) is 67.8 Å². The molecule has 0 bridgehead atoms. The van der Waals surface area contributed by atoms with E-state index in [0.29, 0.717) is 44.4 Å². The number of aromatic nitrogens is 2. The van der Waals surface area contributed by atoms with Gasteiger partial charge in [-0.2, -0.15) is 0 Å². The Morgan fingerprint density at radius 2 is 1.69 bits per heavy atom. The number of nitrogens with zero attached hydrogens (tertiary/aromatic N) is 4. The van der Waals surface area contributed by atoms with Crippen LogP contribution >= 0.6 is 0 Å². The second-order valence-electron chi connectivity index (χ2n) is 7.21. The first-order valence-corrected chi connectivity index (χ1v) is 9.80. The molecule has 1 aromatic carbocycles. The third-order valence-electron chi connectivity index (χ3n) is 5.38. The molecule has 1 saturated heterocycles. The summed E-state index contributed by atoms with van der Waals surface area (Å²) in [6.45, 7) is 5.65. The van der Waals surface area contributed by atoms with Crippen molar-refractivity contribution in [3.63, 3.8) is 0 Å². The van der Waals surface area contributed by atoms with Gasteiger partial charge in [0.15, 0.2) is 11.5 Å². The fourth-order valence-electron chi connectivity index (χ4n) is 3.83. The molecular formula is C21H26N4O4. The lowest BCUT2D eigenvalue weighted by Crippen LogP contribution is -2.41. The van der Waals surface area contributed by atoms with E-state index in [0.717, 1.165) is 30.3 Å². The van der Waals surface area contributed by atoms with E-state index in [1.165, 1.54) is 11.1 Å². The number of fused-ring (bicyclic) bond motifs is 1. The molecule has 0 saturated carbocycles. The lowest BCUT2D eigenvalue weighted by Gasteiger charge is -2.31. The Balaban J connectivity index is 1.59. The van der Waals surface area contributed by atoms with Crippen LogP contribution in [0.1, 0.15) is 27.4 Å². The number of carbonyl (C=O) groups excluding carboxylic acids is 1. The third kappa shape index (κ3) is 3.98. The highest BCUT2D eigenvalue weighted by molar-refractivity contribution is 5.93. The van der Waals surface area contributed by atoms with Crippen molar-refractivity contribution < 1.29 is 19.0 Å². The van der Waals surface area contributed by atoms with Gasteiger partial charge in [-0.15, -0.1) is 0 Å². The van der Waals surface area contributed by atoms with Gasteiger partial charge < -0.3 is 24.0 Å². The number of methoxy groups -OCH3 is 2. The smallest absolute Gasteiger partial charge is 0.272 e. The minimum atomic E-state index is -0.0659. The van der Waals surface area contributed by atoms with E-state index in [-0.39, 0.29) is 5.91 Å². The first-order chi connectivity index (χ1) is 14.1. The zero-order valence-electron chi connectivity index (χ0n) is 17.1. The molecule has 0 N–H and O–H groups in total. The van der Waals surface area contributed by atoms with Crippen LogP contribution in [0.15, 0.2) is 18.2 Å². The molecule has 0 aliphatic carbocycles. The number of morpholine rings is 1. The highest BCUT2D eigenvalue weighted by Gasteiger charge is 2.24. The first-order valence-electron chi connectivity index (χ1n) is 9.80. The van der Waals surface area contributed by atoms with Gasteiger partial charge in [-0.1, -0.05) is 0 Å². The molecule has 0 spiro atoms. The van der Waals surface area contributed by atoms with E-state index in [1.807, 2.05) is 19.1 Å². The summed E-state index contributed by atoms with van der Waals surface area (Å²) in [7, 11) is 3.29. The minimum absolute atomic E-state index is 0.0659. The molecule has 2 aliphatic heterocycles. The Hall–Kier alpha value is -2.87. The molecule has 1 amide bonds. The van der Waals surface area contributed by atoms with Crippen molar-refractivity contribution in [2.24, 2.45) is 0 Å². The predicted molar refractivity (Wildman–Crippen MR) is 108 cm³/mol. The van der Waals surface area contributed by atoms with Crippen LogP contribution in [0.3, 0.4) is 0 Å². The monoisotopic (exact) mass is 398 g/mol. The number of hydrogen-bond acceptors (Lipinski definition) is 7. The maximum absolute atomic E-state index is 12.9. The molecule has 8 nitrogen and oxygen atoms in total. The average Bonchev–Trinajstić information content (AvgIpc) is 2.77. The summed E-state index contributed by atoms with van der Waals surface area (Å²) < 4.78 is 16.2. The summed E-state index contributed by atoms with van der Waals surface area (Å²) >= 11 is 0. The van der Waals surface area contributed by atoms with Crippen molar-refractivity contribution >= 4 is 11.7 Å². The van der Waals surface area contributed by atoms with Crippen molar-refractivity contribution in [3.8, 4) is 11.5 Å². The lowest BCUT2D eigenvalue weighted by molar-refractivity contribution is 0.0299. The normalized spacial score (nSPS) is 16.4. The molecule has 2 aliphatic rings. The summed E-state index contributed by atoms with van der Waals surface area (Å²) in [5.74, 6) is 2.77. The van der Waals surface area contributed by atoms with Gasteiger partial charge in [0.2, 0.25) is 0 Å². The molecule has 29 heavy (non-hydrogen) atoms. The van der Waals surface area contributed by atoms with E-state index in [9.17, 15) is 4.79 Å². The second kappa shape index (κ2) is 8.24. The largest absolute Gasteiger partial charge is 0.493 e. The summed E-state index contributed by atoms with van der Waals surface area (Å²) in [5, 5.41) is 0. The van der Waals surface area contributed by atoms with Gasteiger partial charge in [-0.3, -0.25) is 4.79 Å². The zero-order valence-corrected chi connectivity index (χ0v) is 17.1. The summed E-state index contributed by atoms with van der Waals surface area (Å²) in [5.41, 5.74) is 2.85. The van der Waals surface area contributed by atoms with Gasteiger partial charge in [0, 0.05) is 32.2 Å². The fourth-order valence-corrected chi connectivity index (χ4v) is 3.83. The van der Waals surface area contributed by atoms with Crippen LogP contribution in [0.4, 0.5) is 5.82 Å². The van der Waals surface area contributed by atoms with Crippen molar-refractivity contribution in [1.82, 2.24) is 14.9 Å². The molecule has 4 rings (SSSR count). The van der Waals surface area contributed by atoms with Crippen molar-refractivity contribution in [2.75, 3.05) is 52.0 Å². The molecule has 154 valence electrons. The molecule has 3 heterocycles.